The van der Waals surface area contributed by atoms with Gasteiger partial charge in [-0.15, -0.1) is 0 Å². The summed E-state index contributed by atoms with van der Waals surface area (Å²) in [6.45, 7) is 22.2. The number of aryl methyl sites for hydroxylation is 6. The van der Waals surface area contributed by atoms with Gasteiger partial charge in [-0.05, 0) is 144 Å². The van der Waals surface area contributed by atoms with Gasteiger partial charge in [0.2, 0.25) is 11.9 Å². The SMILES string of the molecule is CC.CCNc1nc(C)nc(NCC)n1.CCc1ccc(C)cc1.CCc1ccc(OC)cc1.CCc1ccc(Oc2ccc(CC)cc2)cc1.CO.CO.CO.c1ccc2ccccc2c1.c1ccc2ccccc2c1.c1ccc2ccccc2c1. The van der Waals surface area contributed by atoms with Crippen molar-refractivity contribution in [2.24, 2.45) is 0 Å². The first-order chi connectivity index (χ1) is 42.7. The van der Waals surface area contributed by atoms with Crippen LogP contribution in [0.15, 0.2) is 243 Å². The first-order valence-electron chi connectivity index (χ1n) is 30.1. The number of nitrogens with one attached hydrogen (secondary N) is 2. The molecule has 10 aromatic carbocycles. The summed E-state index contributed by atoms with van der Waals surface area (Å²) in [6.07, 6.45) is 4.35. The lowest BCUT2D eigenvalue weighted by Gasteiger charge is -2.06. The zero-order valence-electron chi connectivity index (χ0n) is 54.3. The van der Waals surface area contributed by atoms with Crippen LogP contribution in [0.25, 0.3) is 32.3 Å². The van der Waals surface area contributed by atoms with Crippen molar-refractivity contribution in [1.82, 2.24) is 15.0 Å². The average Bonchev–Trinajstić information content (AvgIpc) is 3.76. The number of aromatic nitrogens is 3. The molecule has 11 aromatic rings. The van der Waals surface area contributed by atoms with E-state index in [1.807, 2.05) is 71.0 Å². The number of nitrogens with zero attached hydrogens (tertiary/aromatic N) is 3. The van der Waals surface area contributed by atoms with E-state index in [4.69, 9.17) is 24.8 Å². The normalized spacial score (nSPS) is 9.25. The van der Waals surface area contributed by atoms with Crippen molar-refractivity contribution in [2.45, 2.75) is 94.9 Å². The third-order valence-corrected chi connectivity index (χ3v) is 12.4. The van der Waals surface area contributed by atoms with E-state index in [9.17, 15) is 0 Å². The Morgan fingerprint density at radius 1 is 0.310 bits per heavy atom. The molecule has 0 atom stereocenters. The lowest BCUT2D eigenvalue weighted by Crippen LogP contribution is -2.09. The minimum Gasteiger partial charge on any atom is -0.497 e. The van der Waals surface area contributed by atoms with Gasteiger partial charge in [0.05, 0.1) is 7.11 Å². The van der Waals surface area contributed by atoms with Gasteiger partial charge in [0.1, 0.15) is 23.1 Å². The van der Waals surface area contributed by atoms with Gasteiger partial charge in [0.15, 0.2) is 0 Å². The zero-order valence-corrected chi connectivity index (χ0v) is 54.3. The Bertz CT molecular complexity index is 2940. The Hall–Kier alpha value is -8.93. The van der Waals surface area contributed by atoms with Crippen LogP contribution in [0.3, 0.4) is 0 Å². The summed E-state index contributed by atoms with van der Waals surface area (Å²) in [4.78, 5) is 12.4. The van der Waals surface area contributed by atoms with Crippen molar-refractivity contribution >= 4 is 44.2 Å². The molecule has 0 spiro atoms. The monoisotopic (exact) mass is 1170 g/mol. The van der Waals surface area contributed by atoms with Crippen molar-refractivity contribution in [3.8, 4) is 17.2 Å². The number of aliphatic hydroxyl groups excluding tert-OH is 3. The van der Waals surface area contributed by atoms with Crippen LogP contribution in [0.1, 0.15) is 89.0 Å². The number of anilines is 2. The molecule has 0 unspecified atom stereocenters. The molecule has 0 amide bonds. The van der Waals surface area contributed by atoms with Crippen LogP contribution >= 0.6 is 0 Å². The molecule has 462 valence electrons. The number of fused-ring (bicyclic) bond motifs is 3. The van der Waals surface area contributed by atoms with Crippen LogP contribution in [0.2, 0.25) is 0 Å². The summed E-state index contributed by atoms with van der Waals surface area (Å²) >= 11 is 0. The molecule has 0 aliphatic rings. The predicted molar refractivity (Wildman–Crippen MR) is 375 cm³/mol. The summed E-state index contributed by atoms with van der Waals surface area (Å²) in [5, 5.41) is 35.0. The van der Waals surface area contributed by atoms with E-state index in [2.05, 4.69) is 266 Å². The molecule has 1 heterocycles. The maximum Gasteiger partial charge on any atom is 0.227 e. The van der Waals surface area contributed by atoms with Gasteiger partial charge in [-0.2, -0.15) is 15.0 Å². The standard InChI is InChI=1S/C16H18O.3C10H8.C9H12O.C9H12.C8H15N5.C2H6.3CH4O/c1-3-13-5-9-15(10-6-13)17-16-11-7-14(4-2)8-12-16;3*1-2-6-10-8-4-3-7-9(10)5-1;1-3-8-4-6-9(10-2)7-5-8;1-3-9-6-4-8(2)5-7-9;1-4-9-7-11-6(3)12-8(13-7)10-5-2;4*1-2/h5-12H,3-4H2,1-2H3;3*1-8H;4-7H,3H2,1-2H3;4-7H,3H2,1-2H3;4-5H2,1-3H3,(H2,9,10,11,12,13);1-2H3;3*2H,1H3. The van der Waals surface area contributed by atoms with Gasteiger partial charge in [0.25, 0.3) is 0 Å². The third-order valence-electron chi connectivity index (χ3n) is 12.4. The molecule has 1 aromatic heterocycles. The maximum absolute atomic E-state index is 7.00. The molecule has 0 aliphatic heterocycles. The lowest BCUT2D eigenvalue weighted by molar-refractivity contribution is 0.399. The molecule has 0 fully saturated rings. The zero-order chi connectivity index (χ0) is 64.3. The van der Waals surface area contributed by atoms with Crippen LogP contribution in [0, 0.1) is 13.8 Å². The molecule has 10 heteroatoms. The fraction of sp³-hybridized carbons (Fsp3) is 0.260. The minimum atomic E-state index is 0.631. The molecule has 0 radical (unpaired) electrons. The topological polar surface area (TPSA) is 142 Å². The van der Waals surface area contributed by atoms with Gasteiger partial charge in [-0.3, -0.25) is 0 Å². The van der Waals surface area contributed by atoms with E-state index in [0.29, 0.717) is 11.9 Å². The molecule has 10 nitrogen and oxygen atoms in total. The highest BCUT2D eigenvalue weighted by Crippen LogP contribution is 2.23. The minimum absolute atomic E-state index is 0.631. The van der Waals surface area contributed by atoms with Crippen molar-refractivity contribution in [3.63, 3.8) is 0 Å². The molecule has 0 aliphatic carbocycles. The van der Waals surface area contributed by atoms with Crippen LogP contribution in [-0.2, 0) is 25.7 Å². The smallest absolute Gasteiger partial charge is 0.227 e. The Kier molecular flexibility index (Phi) is 43.2. The van der Waals surface area contributed by atoms with Gasteiger partial charge in [-0.1, -0.05) is 253 Å². The highest BCUT2D eigenvalue weighted by Gasteiger charge is 2.01. The maximum atomic E-state index is 7.00. The number of ether oxygens (including phenoxy) is 2. The van der Waals surface area contributed by atoms with Crippen LogP contribution in [0.4, 0.5) is 11.9 Å². The van der Waals surface area contributed by atoms with E-state index in [1.165, 1.54) is 60.1 Å². The second-order valence-electron chi connectivity index (χ2n) is 18.3. The molecule has 5 N–H and O–H groups in total. The number of methoxy groups -OCH3 is 1. The number of benzene rings is 10. The molecule has 87 heavy (non-hydrogen) atoms. The van der Waals surface area contributed by atoms with Gasteiger partial charge in [-0.25, -0.2) is 0 Å². The number of hydrogen-bond donors (Lipinski definition) is 5. The van der Waals surface area contributed by atoms with Crippen molar-refractivity contribution < 1.29 is 24.8 Å². The van der Waals surface area contributed by atoms with Gasteiger partial charge < -0.3 is 35.4 Å². The second kappa shape index (κ2) is 49.3. The van der Waals surface area contributed by atoms with Crippen LogP contribution < -0.4 is 20.1 Å². The largest absolute Gasteiger partial charge is 0.497 e. The van der Waals surface area contributed by atoms with Gasteiger partial charge in [0, 0.05) is 34.4 Å². The summed E-state index contributed by atoms with van der Waals surface area (Å²) in [5.41, 5.74) is 6.77. The summed E-state index contributed by atoms with van der Waals surface area (Å²) in [5.74, 6) is 4.70. The quantitative estimate of drug-likeness (QED) is 0.0850. The molecule has 0 bridgehead atoms. The van der Waals surface area contributed by atoms with E-state index in [0.717, 1.165) is 83.2 Å². The van der Waals surface area contributed by atoms with E-state index in [-0.39, 0.29) is 0 Å². The molecule has 0 saturated carbocycles. The predicted octanol–water partition coefficient (Wildman–Crippen LogP) is 18.8. The Labute approximate surface area is 522 Å². The number of hydrogen-bond acceptors (Lipinski definition) is 10. The number of rotatable bonds is 11. The lowest BCUT2D eigenvalue weighted by atomic mass is 10.1. The van der Waals surface area contributed by atoms with Crippen LogP contribution in [0.5, 0.6) is 17.2 Å². The Morgan fingerprint density at radius 2 is 0.529 bits per heavy atom. The Morgan fingerprint density at radius 3 is 0.736 bits per heavy atom. The fourth-order valence-corrected chi connectivity index (χ4v) is 7.76. The van der Waals surface area contributed by atoms with E-state index >= 15 is 0 Å². The third kappa shape index (κ3) is 31.7. The fourth-order valence-electron chi connectivity index (χ4n) is 7.76. The second-order valence-corrected chi connectivity index (χ2v) is 18.3. The van der Waals surface area contributed by atoms with Crippen LogP contribution in [-0.4, -0.2) is 71.8 Å². The van der Waals surface area contributed by atoms with Crippen molar-refractivity contribution in [3.05, 3.63) is 276 Å². The molecular formula is C77H99N5O5. The van der Waals surface area contributed by atoms with E-state index in [1.54, 1.807) is 7.11 Å². The molecule has 0 saturated heterocycles. The average molecular weight is 1170 g/mol. The molecular weight excluding hydrogens is 1070 g/mol. The first-order valence-corrected chi connectivity index (χ1v) is 30.1. The summed E-state index contributed by atoms with van der Waals surface area (Å²) in [7, 11) is 4.68. The highest BCUT2D eigenvalue weighted by atomic mass is 16.5. The van der Waals surface area contributed by atoms with Crippen molar-refractivity contribution in [2.75, 3.05) is 52.2 Å². The van der Waals surface area contributed by atoms with Crippen molar-refractivity contribution in [1.29, 1.82) is 0 Å². The van der Waals surface area contributed by atoms with Gasteiger partial charge >= 0.3 is 0 Å². The summed E-state index contributed by atoms with van der Waals surface area (Å²) in [6, 6.07) is 83.4. The Balaban J connectivity index is 0.000000502. The first kappa shape index (κ1) is 76.1. The molecule has 11 rings (SSSR count). The highest BCUT2D eigenvalue weighted by molar-refractivity contribution is 5.83. The van der Waals surface area contributed by atoms with E-state index < -0.39 is 0 Å². The number of aliphatic hydroxyl groups is 3. The summed E-state index contributed by atoms with van der Waals surface area (Å²) < 4.78 is 10.8.